The molecule has 2 amide bonds. The summed E-state index contributed by atoms with van der Waals surface area (Å²) in [6, 6.07) is 11.1. The first-order valence-corrected chi connectivity index (χ1v) is 11.6. The van der Waals surface area contributed by atoms with Gasteiger partial charge in [0.2, 0.25) is 18.6 Å². The molecule has 2 bridgehead atoms. The van der Waals surface area contributed by atoms with Crippen LogP contribution in [0.4, 0.5) is 5.69 Å². The maximum atomic E-state index is 13.5. The lowest BCUT2D eigenvalue weighted by Crippen LogP contribution is -2.44. The number of benzene rings is 2. The number of anilines is 1. The summed E-state index contributed by atoms with van der Waals surface area (Å²) in [6.45, 7) is 0.956. The van der Waals surface area contributed by atoms with E-state index in [1.165, 1.54) is 0 Å². The van der Waals surface area contributed by atoms with E-state index in [1.807, 2.05) is 36.4 Å². The first kappa shape index (κ1) is 21.8. The van der Waals surface area contributed by atoms with Gasteiger partial charge in [-0.1, -0.05) is 18.2 Å². The van der Waals surface area contributed by atoms with Gasteiger partial charge in [-0.05, 0) is 36.2 Å². The number of nitrogens with one attached hydrogen (secondary N) is 1. The van der Waals surface area contributed by atoms with Crippen molar-refractivity contribution in [3.05, 3.63) is 54.1 Å². The summed E-state index contributed by atoms with van der Waals surface area (Å²) in [5, 5.41) is 3.01. The van der Waals surface area contributed by atoms with Crippen LogP contribution in [0.3, 0.4) is 0 Å². The first-order chi connectivity index (χ1) is 17.0. The summed E-state index contributed by atoms with van der Waals surface area (Å²) in [5.41, 5.74) is 0.925. The van der Waals surface area contributed by atoms with Crippen molar-refractivity contribution < 1.29 is 33.3 Å². The second kappa shape index (κ2) is 8.20. The number of ether oxygens (including phenoxy) is 5. The lowest BCUT2D eigenvalue weighted by atomic mass is 9.77. The molecule has 0 unspecified atom stereocenters. The van der Waals surface area contributed by atoms with E-state index < -0.39 is 23.5 Å². The molecule has 2 aromatic carbocycles. The number of amides is 2. The van der Waals surface area contributed by atoms with Gasteiger partial charge in [-0.3, -0.25) is 9.59 Å². The molecule has 9 heteroatoms. The lowest BCUT2D eigenvalue weighted by molar-refractivity contribution is -0.131. The molecule has 182 valence electrons. The van der Waals surface area contributed by atoms with E-state index in [4.69, 9.17) is 23.7 Å². The lowest BCUT2D eigenvalue weighted by Gasteiger charge is -2.23. The zero-order valence-corrected chi connectivity index (χ0v) is 19.5. The number of methoxy groups -OCH3 is 2. The van der Waals surface area contributed by atoms with Crippen molar-refractivity contribution in [2.24, 2.45) is 11.8 Å². The van der Waals surface area contributed by atoms with Gasteiger partial charge in [0.1, 0.15) is 5.60 Å². The Kier molecular flexibility index (Phi) is 5.10. The molecule has 0 aliphatic carbocycles. The van der Waals surface area contributed by atoms with E-state index in [-0.39, 0.29) is 18.6 Å². The molecule has 0 radical (unpaired) electrons. The average Bonchev–Trinajstić information content (AvgIpc) is 3.64. The van der Waals surface area contributed by atoms with Gasteiger partial charge in [0.25, 0.3) is 0 Å². The monoisotopic (exact) mass is 478 g/mol. The van der Waals surface area contributed by atoms with Crippen LogP contribution in [0.15, 0.2) is 48.6 Å². The molecule has 0 saturated carbocycles. The van der Waals surface area contributed by atoms with Gasteiger partial charge < -0.3 is 33.9 Å². The number of nitrogens with zero attached hydrogens (tertiary/aromatic N) is 1. The Hall–Kier alpha value is -3.72. The highest BCUT2D eigenvalue weighted by molar-refractivity contribution is 6.03. The Morgan fingerprint density at radius 3 is 2.77 bits per heavy atom. The van der Waals surface area contributed by atoms with Crippen LogP contribution in [-0.2, 0) is 20.7 Å². The first-order valence-electron chi connectivity index (χ1n) is 11.6. The fourth-order valence-corrected chi connectivity index (χ4v) is 5.55. The Balaban J connectivity index is 1.15. The van der Waals surface area contributed by atoms with Crippen LogP contribution in [0.1, 0.15) is 5.56 Å². The third-order valence-corrected chi connectivity index (χ3v) is 7.23. The van der Waals surface area contributed by atoms with Gasteiger partial charge in [0.05, 0.1) is 38.7 Å². The molecule has 1 N–H and O–H groups in total. The number of hydrogen-bond donors (Lipinski definition) is 1. The smallest absolute Gasteiger partial charge is 0.234 e. The largest absolute Gasteiger partial charge is 0.493 e. The Morgan fingerprint density at radius 2 is 1.94 bits per heavy atom. The van der Waals surface area contributed by atoms with Gasteiger partial charge in [-0.2, -0.15) is 0 Å². The van der Waals surface area contributed by atoms with Crippen molar-refractivity contribution in [2.75, 3.05) is 39.0 Å². The molecule has 6 rings (SSSR count). The van der Waals surface area contributed by atoms with Crippen LogP contribution >= 0.6 is 0 Å². The molecule has 4 atom stereocenters. The minimum atomic E-state index is -0.788. The SMILES string of the molecule is COc1ccc(CCNC(=O)[C@H]2[C@H]3C(=O)N(c4ccc5c(c4)OCO5)C[C@@]34C=C[C@H]2O4)cc1OC. The van der Waals surface area contributed by atoms with Gasteiger partial charge in [0, 0.05) is 18.3 Å². The van der Waals surface area contributed by atoms with E-state index in [0.29, 0.717) is 48.2 Å². The maximum Gasteiger partial charge on any atom is 0.234 e. The van der Waals surface area contributed by atoms with Crippen LogP contribution < -0.4 is 29.2 Å². The van der Waals surface area contributed by atoms with Gasteiger partial charge in [-0.25, -0.2) is 0 Å². The highest BCUT2D eigenvalue weighted by Gasteiger charge is 2.67. The Bertz CT molecular complexity index is 1230. The molecule has 2 aromatic rings. The minimum Gasteiger partial charge on any atom is -0.493 e. The van der Waals surface area contributed by atoms with Gasteiger partial charge in [-0.15, -0.1) is 0 Å². The zero-order chi connectivity index (χ0) is 24.2. The highest BCUT2D eigenvalue weighted by Crippen LogP contribution is 2.53. The van der Waals surface area contributed by atoms with Crippen molar-refractivity contribution in [3.63, 3.8) is 0 Å². The van der Waals surface area contributed by atoms with E-state index in [1.54, 1.807) is 31.3 Å². The van der Waals surface area contributed by atoms with Crippen LogP contribution in [0.5, 0.6) is 23.0 Å². The standard InChI is InChI=1S/C26H26N2O7/c1-31-17-5-3-15(11-20(17)32-2)8-10-27-24(29)22-19-7-9-26(35-19)13-28(25(30)23(22)26)16-4-6-18-21(12-16)34-14-33-18/h3-7,9,11-12,19,22-23H,8,10,13-14H2,1-2H3,(H,27,29)/t19-,22-,23+,26+/m1/s1. The predicted molar refractivity (Wildman–Crippen MR) is 125 cm³/mol. The van der Waals surface area contributed by atoms with E-state index in [0.717, 1.165) is 5.56 Å². The van der Waals surface area contributed by atoms with Crippen LogP contribution in [0.25, 0.3) is 0 Å². The Morgan fingerprint density at radius 1 is 1.11 bits per heavy atom. The van der Waals surface area contributed by atoms with Crippen molar-refractivity contribution in [1.29, 1.82) is 0 Å². The van der Waals surface area contributed by atoms with Crippen LogP contribution in [0.2, 0.25) is 0 Å². The minimum absolute atomic E-state index is 0.115. The molecule has 35 heavy (non-hydrogen) atoms. The fourth-order valence-electron chi connectivity index (χ4n) is 5.55. The zero-order valence-electron chi connectivity index (χ0n) is 19.5. The number of hydrogen-bond acceptors (Lipinski definition) is 7. The summed E-state index contributed by atoms with van der Waals surface area (Å²) in [6.07, 6.45) is 4.07. The average molecular weight is 479 g/mol. The topological polar surface area (TPSA) is 95.6 Å². The maximum absolute atomic E-state index is 13.5. The molecular weight excluding hydrogens is 452 g/mol. The Labute approximate surface area is 202 Å². The molecule has 9 nitrogen and oxygen atoms in total. The third-order valence-electron chi connectivity index (χ3n) is 7.23. The van der Waals surface area contributed by atoms with Crippen LogP contribution in [0, 0.1) is 11.8 Å². The van der Waals surface area contributed by atoms with Gasteiger partial charge in [0.15, 0.2) is 23.0 Å². The quantitative estimate of drug-likeness (QED) is 0.609. The van der Waals surface area contributed by atoms with E-state index in [9.17, 15) is 9.59 Å². The normalized spacial score (nSPS) is 27.3. The summed E-state index contributed by atoms with van der Waals surface area (Å²) in [4.78, 5) is 28.5. The molecular formula is C26H26N2O7. The number of carbonyl (C=O) groups is 2. The molecule has 4 aliphatic heterocycles. The number of fused-ring (bicyclic) bond motifs is 2. The summed E-state index contributed by atoms with van der Waals surface area (Å²) in [7, 11) is 3.18. The number of carbonyl (C=O) groups excluding carboxylic acids is 2. The molecule has 1 spiro atoms. The summed E-state index contributed by atoms with van der Waals surface area (Å²) >= 11 is 0. The van der Waals surface area contributed by atoms with Crippen molar-refractivity contribution in [3.8, 4) is 23.0 Å². The van der Waals surface area contributed by atoms with Gasteiger partial charge >= 0.3 is 0 Å². The fraction of sp³-hybridized carbons (Fsp3) is 0.385. The molecule has 4 aliphatic rings. The van der Waals surface area contributed by atoms with Crippen molar-refractivity contribution in [2.45, 2.75) is 18.1 Å². The molecule has 2 saturated heterocycles. The molecule has 4 heterocycles. The van der Waals surface area contributed by atoms with Crippen LogP contribution in [-0.4, -0.2) is 57.6 Å². The van der Waals surface area contributed by atoms with E-state index in [2.05, 4.69) is 5.32 Å². The predicted octanol–water partition coefficient (Wildman–Crippen LogP) is 2.08. The van der Waals surface area contributed by atoms with Crippen molar-refractivity contribution >= 4 is 17.5 Å². The van der Waals surface area contributed by atoms with Crippen molar-refractivity contribution in [1.82, 2.24) is 5.32 Å². The molecule has 2 fully saturated rings. The molecule has 0 aromatic heterocycles. The summed E-state index contributed by atoms with van der Waals surface area (Å²) < 4.78 is 27.7. The second-order valence-electron chi connectivity index (χ2n) is 9.09. The van der Waals surface area contributed by atoms with E-state index >= 15 is 0 Å². The number of rotatable bonds is 7. The third kappa shape index (κ3) is 3.41. The second-order valence-corrected chi connectivity index (χ2v) is 9.09. The highest BCUT2D eigenvalue weighted by atomic mass is 16.7. The summed E-state index contributed by atoms with van der Waals surface area (Å²) in [5.74, 6) is 1.13.